The summed E-state index contributed by atoms with van der Waals surface area (Å²) in [6, 6.07) is 16.8. The molecule has 1 fully saturated rings. The van der Waals surface area contributed by atoms with Crippen LogP contribution in [0.1, 0.15) is 41.3 Å². The molecule has 2 aromatic carbocycles. The number of hydrogen-bond acceptors (Lipinski definition) is 4. The number of nitrogens with one attached hydrogen (secondary N) is 2. The standard InChI is InChI=1S/C26H32N4O2.HI/c1-18-6-10-20(11-7-18)24-22(5-4-14-31-24)15-28-26(27-3)29-16-23-17-32-25(30-23)21-12-8-19(2)9-13-21;/h6-13,17,22,24H,4-5,14-16H2,1-3H3,(H2,27,28,29);1H. The summed E-state index contributed by atoms with van der Waals surface area (Å²) in [7, 11) is 1.78. The molecule has 1 aliphatic rings. The average molecular weight is 560 g/mol. The second-order valence-electron chi connectivity index (χ2n) is 8.42. The highest BCUT2D eigenvalue weighted by Crippen LogP contribution is 2.33. The number of ether oxygens (including phenoxy) is 1. The third-order valence-corrected chi connectivity index (χ3v) is 5.89. The molecule has 2 heterocycles. The zero-order chi connectivity index (χ0) is 22.3. The molecule has 1 saturated heterocycles. The smallest absolute Gasteiger partial charge is 0.226 e. The number of hydrogen-bond donors (Lipinski definition) is 2. The highest BCUT2D eigenvalue weighted by Gasteiger charge is 2.27. The van der Waals surface area contributed by atoms with E-state index in [2.05, 4.69) is 70.9 Å². The fourth-order valence-electron chi connectivity index (χ4n) is 4.02. The van der Waals surface area contributed by atoms with Crippen molar-refractivity contribution in [1.82, 2.24) is 15.6 Å². The molecule has 1 aliphatic heterocycles. The van der Waals surface area contributed by atoms with Gasteiger partial charge in [-0.05, 0) is 44.4 Å². The van der Waals surface area contributed by atoms with E-state index >= 15 is 0 Å². The third-order valence-electron chi connectivity index (χ3n) is 5.89. The normalized spacial score (nSPS) is 18.5. The van der Waals surface area contributed by atoms with Crippen molar-refractivity contribution in [2.45, 2.75) is 39.3 Å². The van der Waals surface area contributed by atoms with Gasteiger partial charge in [0.25, 0.3) is 0 Å². The van der Waals surface area contributed by atoms with Crippen LogP contribution in [0.2, 0.25) is 0 Å². The summed E-state index contributed by atoms with van der Waals surface area (Å²) < 4.78 is 11.8. The molecular formula is C26H33IN4O2. The van der Waals surface area contributed by atoms with Crippen LogP contribution in [0.5, 0.6) is 0 Å². The van der Waals surface area contributed by atoms with Gasteiger partial charge in [-0.15, -0.1) is 24.0 Å². The van der Waals surface area contributed by atoms with Crippen LogP contribution in [0.25, 0.3) is 11.5 Å². The summed E-state index contributed by atoms with van der Waals surface area (Å²) in [5.41, 5.74) is 5.54. The number of aliphatic imine (C=N–C) groups is 1. The summed E-state index contributed by atoms with van der Waals surface area (Å²) in [6.45, 7) is 6.33. The first-order valence-corrected chi connectivity index (χ1v) is 11.3. The van der Waals surface area contributed by atoms with Crippen LogP contribution >= 0.6 is 24.0 Å². The zero-order valence-electron chi connectivity index (χ0n) is 19.5. The van der Waals surface area contributed by atoms with Gasteiger partial charge in [-0.2, -0.15) is 0 Å². The van der Waals surface area contributed by atoms with E-state index in [0.717, 1.165) is 43.2 Å². The lowest BCUT2D eigenvalue weighted by molar-refractivity contribution is -0.0265. The number of guanidine groups is 1. The van der Waals surface area contributed by atoms with Crippen molar-refractivity contribution in [3.8, 4) is 11.5 Å². The molecule has 0 aliphatic carbocycles. The summed E-state index contributed by atoms with van der Waals surface area (Å²) >= 11 is 0. The third kappa shape index (κ3) is 6.80. The number of aryl methyl sites for hydroxylation is 2. The van der Waals surface area contributed by atoms with Gasteiger partial charge in [0.05, 0.1) is 18.3 Å². The Bertz CT molecular complexity index is 1030. The number of halogens is 1. The summed E-state index contributed by atoms with van der Waals surface area (Å²) in [5.74, 6) is 1.77. The van der Waals surface area contributed by atoms with Crippen molar-refractivity contribution in [1.29, 1.82) is 0 Å². The molecule has 4 rings (SSSR count). The number of aromatic nitrogens is 1. The molecule has 7 heteroatoms. The SMILES string of the molecule is CN=C(NCc1coc(-c2ccc(C)cc2)n1)NCC1CCCOC1c1ccc(C)cc1.I. The second kappa shape index (κ2) is 12.2. The molecule has 0 radical (unpaired) electrons. The summed E-state index contributed by atoms with van der Waals surface area (Å²) in [6.07, 6.45) is 4.02. The fraction of sp³-hybridized carbons (Fsp3) is 0.385. The lowest BCUT2D eigenvalue weighted by Gasteiger charge is -2.32. The highest BCUT2D eigenvalue weighted by atomic mass is 127. The van der Waals surface area contributed by atoms with Crippen molar-refractivity contribution >= 4 is 29.9 Å². The molecule has 6 nitrogen and oxygen atoms in total. The van der Waals surface area contributed by atoms with Crippen LogP contribution in [0.3, 0.4) is 0 Å². The molecule has 33 heavy (non-hydrogen) atoms. The Kier molecular flexibility index (Phi) is 9.31. The van der Waals surface area contributed by atoms with Gasteiger partial charge in [0.1, 0.15) is 6.26 Å². The van der Waals surface area contributed by atoms with Crippen molar-refractivity contribution < 1.29 is 9.15 Å². The van der Waals surface area contributed by atoms with Gasteiger partial charge in [0, 0.05) is 31.7 Å². The van der Waals surface area contributed by atoms with Crippen LogP contribution in [0.4, 0.5) is 0 Å². The van der Waals surface area contributed by atoms with E-state index in [9.17, 15) is 0 Å². The van der Waals surface area contributed by atoms with Gasteiger partial charge < -0.3 is 19.8 Å². The van der Waals surface area contributed by atoms with Crippen LogP contribution in [0.15, 0.2) is 64.2 Å². The molecule has 2 atom stereocenters. The minimum Gasteiger partial charge on any atom is -0.444 e. The van der Waals surface area contributed by atoms with Gasteiger partial charge >= 0.3 is 0 Å². The molecule has 0 saturated carbocycles. The van der Waals surface area contributed by atoms with Gasteiger partial charge in [0.15, 0.2) is 5.96 Å². The first-order chi connectivity index (χ1) is 15.6. The highest BCUT2D eigenvalue weighted by molar-refractivity contribution is 14.0. The van der Waals surface area contributed by atoms with Crippen molar-refractivity contribution in [2.24, 2.45) is 10.9 Å². The predicted molar refractivity (Wildman–Crippen MR) is 143 cm³/mol. The molecule has 0 amide bonds. The van der Waals surface area contributed by atoms with Crippen LogP contribution < -0.4 is 10.6 Å². The second-order valence-corrected chi connectivity index (χ2v) is 8.42. The minimum atomic E-state index is 0. The van der Waals surface area contributed by atoms with Gasteiger partial charge in [0.2, 0.25) is 5.89 Å². The van der Waals surface area contributed by atoms with Crippen molar-refractivity contribution in [3.05, 3.63) is 77.2 Å². The van der Waals surface area contributed by atoms with E-state index in [1.165, 1.54) is 16.7 Å². The van der Waals surface area contributed by atoms with Crippen molar-refractivity contribution in [2.75, 3.05) is 20.2 Å². The van der Waals surface area contributed by atoms with E-state index < -0.39 is 0 Å². The maximum Gasteiger partial charge on any atom is 0.226 e. The fourth-order valence-corrected chi connectivity index (χ4v) is 4.02. The lowest BCUT2D eigenvalue weighted by Crippen LogP contribution is -2.41. The Hall–Kier alpha value is -2.39. The van der Waals surface area contributed by atoms with Gasteiger partial charge in [-0.1, -0.05) is 47.5 Å². The minimum absolute atomic E-state index is 0. The van der Waals surface area contributed by atoms with Crippen LogP contribution in [-0.4, -0.2) is 31.1 Å². The van der Waals surface area contributed by atoms with E-state index in [-0.39, 0.29) is 30.1 Å². The summed E-state index contributed by atoms with van der Waals surface area (Å²) in [5, 5.41) is 6.80. The van der Waals surface area contributed by atoms with E-state index in [0.29, 0.717) is 18.4 Å². The zero-order valence-corrected chi connectivity index (χ0v) is 21.8. The predicted octanol–water partition coefficient (Wildman–Crippen LogP) is 5.41. The number of benzene rings is 2. The maximum absolute atomic E-state index is 6.14. The Morgan fingerprint density at radius 1 is 1.03 bits per heavy atom. The Balaban J connectivity index is 0.00000306. The number of nitrogens with zero attached hydrogens (tertiary/aromatic N) is 2. The topological polar surface area (TPSA) is 71.7 Å². The first-order valence-electron chi connectivity index (χ1n) is 11.3. The Morgan fingerprint density at radius 3 is 2.42 bits per heavy atom. The largest absolute Gasteiger partial charge is 0.444 e. The maximum atomic E-state index is 6.14. The Labute approximate surface area is 213 Å². The van der Waals surface area contributed by atoms with Gasteiger partial charge in [-0.3, -0.25) is 4.99 Å². The quantitative estimate of drug-likeness (QED) is 0.240. The van der Waals surface area contributed by atoms with Crippen LogP contribution in [0, 0.1) is 19.8 Å². The van der Waals surface area contributed by atoms with Crippen LogP contribution in [-0.2, 0) is 11.3 Å². The molecule has 0 bridgehead atoms. The monoisotopic (exact) mass is 560 g/mol. The van der Waals surface area contributed by atoms with E-state index in [1.54, 1.807) is 13.3 Å². The average Bonchev–Trinajstić information content (AvgIpc) is 3.29. The molecule has 176 valence electrons. The summed E-state index contributed by atoms with van der Waals surface area (Å²) in [4.78, 5) is 8.96. The lowest BCUT2D eigenvalue weighted by atomic mass is 9.89. The first kappa shape index (κ1) is 25.2. The number of rotatable bonds is 6. The number of oxazole rings is 1. The Morgan fingerprint density at radius 2 is 1.73 bits per heavy atom. The van der Waals surface area contributed by atoms with Crippen molar-refractivity contribution in [3.63, 3.8) is 0 Å². The molecular weight excluding hydrogens is 527 g/mol. The molecule has 2 unspecified atom stereocenters. The van der Waals surface area contributed by atoms with E-state index in [1.807, 2.05) is 12.1 Å². The molecule has 0 spiro atoms. The molecule has 2 N–H and O–H groups in total. The van der Waals surface area contributed by atoms with Gasteiger partial charge in [-0.25, -0.2) is 4.98 Å². The molecule has 3 aromatic rings. The van der Waals surface area contributed by atoms with E-state index in [4.69, 9.17) is 9.15 Å². The molecule has 1 aromatic heterocycles.